The number of aromatic nitrogens is 2. The number of benzene rings is 4. The first-order valence-electron chi connectivity index (χ1n) is 9.55. The Bertz CT molecular complexity index is 1340. The van der Waals surface area contributed by atoms with E-state index in [2.05, 4.69) is 97.0 Å². The maximum absolute atomic E-state index is 4.65. The molecular formula is C26H21N2+. The highest BCUT2D eigenvalue weighted by molar-refractivity contribution is 5.91. The Hall–Kier alpha value is -3.52. The summed E-state index contributed by atoms with van der Waals surface area (Å²) in [6, 6.07) is 30.2. The van der Waals surface area contributed by atoms with Crippen LogP contribution in [0.2, 0.25) is 0 Å². The quantitative estimate of drug-likeness (QED) is 0.360. The highest BCUT2D eigenvalue weighted by Gasteiger charge is 2.17. The summed E-state index contributed by atoms with van der Waals surface area (Å²) in [4.78, 5) is 0. The van der Waals surface area contributed by atoms with Crippen LogP contribution in [0.5, 0.6) is 0 Å². The number of rotatable bonds is 2. The van der Waals surface area contributed by atoms with Gasteiger partial charge in [-0.3, -0.25) is 0 Å². The Kier molecular flexibility index (Phi) is 3.91. The van der Waals surface area contributed by atoms with Crippen LogP contribution in [0.3, 0.4) is 0 Å². The maximum atomic E-state index is 4.65. The molecule has 5 aromatic rings. The molecule has 134 valence electrons. The molecule has 0 radical (unpaired) electrons. The molecule has 1 heterocycles. The van der Waals surface area contributed by atoms with Gasteiger partial charge in [-0.2, -0.15) is 0 Å². The van der Waals surface area contributed by atoms with E-state index in [0.29, 0.717) is 0 Å². The molecule has 0 fully saturated rings. The standard InChI is InChI=1S/C26H21N2/c1-18-24-10-6-5-8-20(24)13-14-25(18)26-16-23(17-27-28(26)2)22-12-11-19-7-3-4-9-21(19)15-22/h3-17H,1-2H3/q+1. The lowest BCUT2D eigenvalue weighted by atomic mass is 9.96. The molecule has 0 saturated heterocycles. The third-order valence-corrected chi connectivity index (χ3v) is 5.57. The fourth-order valence-electron chi connectivity index (χ4n) is 3.97. The largest absolute Gasteiger partial charge is 0.239 e. The SMILES string of the molecule is Cc1c(-c2cc(-c3ccc4ccccc4c3)cn[n+]2C)ccc2ccccc12. The van der Waals surface area contributed by atoms with Crippen LogP contribution in [0.25, 0.3) is 43.9 Å². The van der Waals surface area contributed by atoms with Crippen LogP contribution in [0.4, 0.5) is 0 Å². The van der Waals surface area contributed by atoms with Crippen molar-refractivity contribution in [3.63, 3.8) is 0 Å². The van der Waals surface area contributed by atoms with E-state index < -0.39 is 0 Å². The zero-order chi connectivity index (χ0) is 19.1. The third kappa shape index (κ3) is 2.74. The number of hydrogen-bond acceptors (Lipinski definition) is 1. The van der Waals surface area contributed by atoms with E-state index in [1.165, 1.54) is 38.2 Å². The molecule has 0 N–H and O–H groups in total. The van der Waals surface area contributed by atoms with Crippen molar-refractivity contribution in [2.45, 2.75) is 6.92 Å². The van der Waals surface area contributed by atoms with E-state index in [1.54, 1.807) is 0 Å². The van der Waals surface area contributed by atoms with Crippen LogP contribution in [-0.4, -0.2) is 5.10 Å². The fraction of sp³-hybridized carbons (Fsp3) is 0.0769. The molecule has 0 saturated carbocycles. The van der Waals surface area contributed by atoms with Crippen molar-refractivity contribution in [2.24, 2.45) is 7.05 Å². The first-order valence-corrected chi connectivity index (χ1v) is 9.55. The Balaban J connectivity index is 1.68. The molecule has 0 aliphatic rings. The molecule has 1 aromatic heterocycles. The highest BCUT2D eigenvalue weighted by Crippen LogP contribution is 2.30. The van der Waals surface area contributed by atoms with Crippen molar-refractivity contribution in [3.8, 4) is 22.4 Å². The molecule has 0 bridgehead atoms. The van der Waals surface area contributed by atoms with Gasteiger partial charge in [-0.1, -0.05) is 71.4 Å². The summed E-state index contributed by atoms with van der Waals surface area (Å²) < 4.78 is 1.96. The molecule has 2 heteroatoms. The third-order valence-electron chi connectivity index (χ3n) is 5.57. The van der Waals surface area contributed by atoms with Gasteiger partial charge < -0.3 is 0 Å². The van der Waals surface area contributed by atoms with Crippen molar-refractivity contribution in [1.29, 1.82) is 0 Å². The number of hydrogen-bond donors (Lipinski definition) is 0. The fourth-order valence-corrected chi connectivity index (χ4v) is 3.97. The summed E-state index contributed by atoms with van der Waals surface area (Å²) in [5.74, 6) is 0. The summed E-state index contributed by atoms with van der Waals surface area (Å²) in [7, 11) is 2.01. The van der Waals surface area contributed by atoms with E-state index in [4.69, 9.17) is 0 Å². The smallest absolute Gasteiger partial charge is 0.0864 e. The van der Waals surface area contributed by atoms with Gasteiger partial charge in [0.15, 0.2) is 7.05 Å². The van der Waals surface area contributed by atoms with Gasteiger partial charge in [0.1, 0.15) is 6.20 Å². The van der Waals surface area contributed by atoms with Crippen LogP contribution in [0, 0.1) is 6.92 Å². The monoisotopic (exact) mass is 361 g/mol. The Morgan fingerprint density at radius 1 is 0.679 bits per heavy atom. The summed E-state index contributed by atoms with van der Waals surface area (Å²) in [5.41, 5.74) is 5.94. The van der Waals surface area contributed by atoms with E-state index in [-0.39, 0.29) is 0 Å². The molecule has 0 atom stereocenters. The van der Waals surface area contributed by atoms with Crippen LogP contribution < -0.4 is 4.68 Å². The van der Waals surface area contributed by atoms with Crippen LogP contribution in [0.15, 0.2) is 91.1 Å². The van der Waals surface area contributed by atoms with Crippen LogP contribution in [-0.2, 0) is 7.05 Å². The van der Waals surface area contributed by atoms with Crippen molar-refractivity contribution in [2.75, 3.05) is 0 Å². The Morgan fingerprint density at radius 3 is 2.25 bits per heavy atom. The molecule has 0 unspecified atom stereocenters. The van der Waals surface area contributed by atoms with Gasteiger partial charge in [0.25, 0.3) is 0 Å². The molecule has 0 spiro atoms. The van der Waals surface area contributed by atoms with Gasteiger partial charge in [0, 0.05) is 11.6 Å². The highest BCUT2D eigenvalue weighted by atomic mass is 15.2. The van der Waals surface area contributed by atoms with Crippen molar-refractivity contribution in [3.05, 3.63) is 96.7 Å². The molecule has 0 aliphatic heterocycles. The van der Waals surface area contributed by atoms with Gasteiger partial charge in [0.2, 0.25) is 5.69 Å². The van der Waals surface area contributed by atoms with E-state index >= 15 is 0 Å². The summed E-state index contributed by atoms with van der Waals surface area (Å²) in [6.45, 7) is 2.19. The zero-order valence-electron chi connectivity index (χ0n) is 16.1. The number of fused-ring (bicyclic) bond motifs is 2. The lowest BCUT2D eigenvalue weighted by Gasteiger charge is -2.09. The summed E-state index contributed by atoms with van der Waals surface area (Å²) >= 11 is 0. The average Bonchev–Trinajstić information content (AvgIpc) is 2.74. The van der Waals surface area contributed by atoms with Crippen LogP contribution >= 0.6 is 0 Å². The minimum atomic E-state index is 1.12. The minimum Gasteiger partial charge on any atom is -0.0864 e. The van der Waals surface area contributed by atoms with Gasteiger partial charge in [0.05, 0.1) is 5.56 Å². The molecule has 4 aromatic carbocycles. The minimum absolute atomic E-state index is 1.12. The van der Waals surface area contributed by atoms with Crippen LogP contribution in [0.1, 0.15) is 5.56 Å². The lowest BCUT2D eigenvalue weighted by Crippen LogP contribution is -2.35. The van der Waals surface area contributed by atoms with E-state index in [9.17, 15) is 0 Å². The van der Waals surface area contributed by atoms with Crippen molar-refractivity contribution >= 4 is 21.5 Å². The normalized spacial score (nSPS) is 11.2. The van der Waals surface area contributed by atoms with Gasteiger partial charge in [-0.05, 0) is 56.8 Å². The topological polar surface area (TPSA) is 16.8 Å². The summed E-state index contributed by atoms with van der Waals surface area (Å²) in [6.07, 6.45) is 1.95. The predicted octanol–water partition coefficient (Wildman–Crippen LogP) is 5.85. The molecule has 0 aliphatic carbocycles. The van der Waals surface area contributed by atoms with E-state index in [0.717, 1.165) is 11.3 Å². The van der Waals surface area contributed by atoms with Gasteiger partial charge >= 0.3 is 0 Å². The second-order valence-electron chi connectivity index (χ2n) is 7.27. The Labute approximate surface area is 164 Å². The Morgan fingerprint density at radius 2 is 1.39 bits per heavy atom. The molecule has 0 amide bonds. The number of aryl methyl sites for hydroxylation is 2. The van der Waals surface area contributed by atoms with Crippen molar-refractivity contribution < 1.29 is 4.68 Å². The molecule has 5 rings (SSSR count). The maximum Gasteiger partial charge on any atom is 0.239 e. The average molecular weight is 361 g/mol. The van der Waals surface area contributed by atoms with Gasteiger partial charge in [-0.25, -0.2) is 0 Å². The second-order valence-corrected chi connectivity index (χ2v) is 7.27. The lowest BCUT2D eigenvalue weighted by molar-refractivity contribution is -0.720. The predicted molar refractivity (Wildman–Crippen MR) is 116 cm³/mol. The first kappa shape index (κ1) is 16.6. The second kappa shape index (κ2) is 6.58. The van der Waals surface area contributed by atoms with E-state index in [1.807, 2.05) is 17.9 Å². The first-order chi connectivity index (χ1) is 13.7. The summed E-state index contributed by atoms with van der Waals surface area (Å²) in [5, 5.41) is 9.71. The van der Waals surface area contributed by atoms with Crippen molar-refractivity contribution in [1.82, 2.24) is 5.10 Å². The van der Waals surface area contributed by atoms with Gasteiger partial charge in [-0.15, -0.1) is 0 Å². The molecular weight excluding hydrogens is 340 g/mol. The zero-order valence-corrected chi connectivity index (χ0v) is 16.1. The molecule has 28 heavy (non-hydrogen) atoms. The number of nitrogens with zero attached hydrogens (tertiary/aromatic N) is 2. The molecule has 2 nitrogen and oxygen atoms in total.